The first-order valence-corrected chi connectivity index (χ1v) is 5.77. The number of carbonyl (C=O) groups excluding carboxylic acids is 1. The summed E-state index contributed by atoms with van der Waals surface area (Å²) in [6.45, 7) is 2.32. The van der Waals surface area contributed by atoms with Gasteiger partial charge in [-0.25, -0.2) is 0 Å². The highest BCUT2D eigenvalue weighted by Crippen LogP contribution is 2.00. The zero-order valence-corrected chi connectivity index (χ0v) is 10.5. The maximum Gasteiger partial charge on any atom is 0.251 e. The quantitative estimate of drug-likeness (QED) is 0.633. The van der Waals surface area contributed by atoms with Crippen LogP contribution in [0.2, 0.25) is 0 Å². The lowest BCUT2D eigenvalue weighted by Crippen LogP contribution is -2.27. The highest BCUT2D eigenvalue weighted by atomic mass is 16.5. The van der Waals surface area contributed by atoms with E-state index in [1.807, 2.05) is 0 Å². The topological polar surface area (TPSA) is 86.5 Å². The molecule has 0 aromatic carbocycles. The third-order valence-corrected chi connectivity index (χ3v) is 2.25. The molecule has 6 nitrogen and oxygen atoms in total. The van der Waals surface area contributed by atoms with E-state index < -0.39 is 0 Å². The number of carbonyl (C=O) groups is 1. The molecule has 1 aromatic rings. The van der Waals surface area contributed by atoms with Crippen LogP contribution in [0.3, 0.4) is 0 Å². The van der Waals surface area contributed by atoms with Gasteiger partial charge in [0.1, 0.15) is 0 Å². The van der Waals surface area contributed by atoms with Crippen molar-refractivity contribution in [2.45, 2.75) is 6.54 Å². The lowest BCUT2D eigenvalue weighted by atomic mass is 10.2. The zero-order chi connectivity index (χ0) is 13.2. The third-order valence-electron chi connectivity index (χ3n) is 2.25. The molecule has 3 N–H and O–H groups in total. The predicted octanol–water partition coefficient (Wildman–Crippen LogP) is -0.0669. The monoisotopic (exact) mass is 253 g/mol. The van der Waals surface area contributed by atoms with Crippen LogP contribution in [-0.4, -0.2) is 44.4 Å². The van der Waals surface area contributed by atoms with Gasteiger partial charge >= 0.3 is 0 Å². The minimum absolute atomic E-state index is 0.151. The van der Waals surface area contributed by atoms with Crippen molar-refractivity contribution in [3.63, 3.8) is 0 Å². The number of aromatic nitrogens is 1. The average Bonchev–Trinajstić information content (AvgIpc) is 2.42. The van der Waals surface area contributed by atoms with Crippen molar-refractivity contribution in [1.29, 1.82) is 0 Å². The molecule has 0 saturated heterocycles. The number of hydrogen-bond donors (Lipinski definition) is 2. The van der Waals surface area contributed by atoms with E-state index in [0.29, 0.717) is 44.2 Å². The van der Waals surface area contributed by atoms with Gasteiger partial charge in [0.15, 0.2) is 0 Å². The van der Waals surface area contributed by atoms with Crippen LogP contribution in [0, 0.1) is 0 Å². The van der Waals surface area contributed by atoms with Gasteiger partial charge < -0.3 is 20.5 Å². The number of nitrogens with one attached hydrogen (secondary N) is 1. The molecule has 0 spiro atoms. The van der Waals surface area contributed by atoms with Gasteiger partial charge in [0.25, 0.3) is 5.91 Å². The Morgan fingerprint density at radius 2 is 2.28 bits per heavy atom. The normalized spacial score (nSPS) is 10.3. The fourth-order valence-corrected chi connectivity index (χ4v) is 1.31. The number of rotatable bonds is 8. The fraction of sp³-hybridized carbons (Fsp3) is 0.500. The molecular formula is C12H19N3O3. The number of amides is 1. The third kappa shape index (κ3) is 5.22. The van der Waals surface area contributed by atoms with Crippen LogP contribution in [0.5, 0.6) is 0 Å². The summed E-state index contributed by atoms with van der Waals surface area (Å²) in [7, 11) is 1.61. The molecule has 0 fully saturated rings. The van der Waals surface area contributed by atoms with Crippen molar-refractivity contribution < 1.29 is 14.3 Å². The number of nitrogens with zero attached hydrogens (tertiary/aromatic N) is 1. The van der Waals surface area contributed by atoms with E-state index in [-0.39, 0.29) is 5.91 Å². The van der Waals surface area contributed by atoms with Gasteiger partial charge in [0.05, 0.1) is 25.5 Å². The summed E-state index contributed by atoms with van der Waals surface area (Å²) in [5, 5.41) is 2.75. The molecular weight excluding hydrogens is 234 g/mol. The second kappa shape index (κ2) is 8.57. The maximum absolute atomic E-state index is 11.7. The summed E-state index contributed by atoms with van der Waals surface area (Å²) < 4.78 is 10.1. The van der Waals surface area contributed by atoms with E-state index in [2.05, 4.69) is 10.3 Å². The molecule has 1 heterocycles. The predicted molar refractivity (Wildman–Crippen MR) is 67.2 cm³/mol. The summed E-state index contributed by atoms with van der Waals surface area (Å²) in [6.07, 6.45) is 1.58. The van der Waals surface area contributed by atoms with Gasteiger partial charge in [-0.3, -0.25) is 9.78 Å². The van der Waals surface area contributed by atoms with Crippen LogP contribution >= 0.6 is 0 Å². The van der Waals surface area contributed by atoms with Gasteiger partial charge in [-0.05, 0) is 12.1 Å². The van der Waals surface area contributed by atoms with Gasteiger partial charge in [0.2, 0.25) is 0 Å². The highest BCUT2D eigenvalue weighted by molar-refractivity contribution is 5.94. The largest absolute Gasteiger partial charge is 0.382 e. The summed E-state index contributed by atoms with van der Waals surface area (Å²) in [6, 6.07) is 3.33. The smallest absolute Gasteiger partial charge is 0.251 e. The van der Waals surface area contributed by atoms with E-state index in [0.717, 1.165) is 0 Å². The summed E-state index contributed by atoms with van der Waals surface area (Å²) >= 11 is 0. The Bertz CT molecular complexity index is 371. The van der Waals surface area contributed by atoms with Crippen molar-refractivity contribution >= 4 is 5.91 Å². The van der Waals surface area contributed by atoms with E-state index in [1.165, 1.54) is 0 Å². The number of ether oxygens (including phenoxy) is 2. The molecule has 0 saturated carbocycles. The number of pyridine rings is 1. The molecule has 1 aromatic heterocycles. The molecule has 1 rings (SSSR count). The summed E-state index contributed by atoms with van der Waals surface area (Å²) in [5.41, 5.74) is 6.71. The molecule has 6 heteroatoms. The summed E-state index contributed by atoms with van der Waals surface area (Å²) in [4.78, 5) is 15.8. The first kappa shape index (κ1) is 14.6. The molecule has 0 aliphatic heterocycles. The maximum atomic E-state index is 11.7. The first-order chi connectivity index (χ1) is 8.77. The second-order valence-corrected chi connectivity index (χ2v) is 3.60. The molecule has 0 bridgehead atoms. The number of methoxy groups -OCH3 is 1. The van der Waals surface area contributed by atoms with Crippen molar-refractivity contribution in [1.82, 2.24) is 10.3 Å². The van der Waals surface area contributed by atoms with Crippen molar-refractivity contribution in [2.75, 3.05) is 33.5 Å². The van der Waals surface area contributed by atoms with Crippen LogP contribution in [0.1, 0.15) is 16.1 Å². The van der Waals surface area contributed by atoms with E-state index >= 15 is 0 Å². The van der Waals surface area contributed by atoms with Gasteiger partial charge in [-0.1, -0.05) is 0 Å². The zero-order valence-electron chi connectivity index (χ0n) is 10.5. The molecule has 0 radical (unpaired) electrons. The second-order valence-electron chi connectivity index (χ2n) is 3.60. The Morgan fingerprint density at radius 1 is 1.44 bits per heavy atom. The minimum Gasteiger partial charge on any atom is -0.382 e. The van der Waals surface area contributed by atoms with Crippen molar-refractivity contribution in [2.24, 2.45) is 5.73 Å². The van der Waals surface area contributed by atoms with E-state index in [1.54, 1.807) is 25.4 Å². The number of nitrogens with two attached hydrogens (primary N) is 1. The Morgan fingerprint density at radius 3 is 3.00 bits per heavy atom. The molecule has 18 heavy (non-hydrogen) atoms. The molecule has 0 unspecified atom stereocenters. The van der Waals surface area contributed by atoms with Gasteiger partial charge in [0, 0.05) is 32.0 Å². The lowest BCUT2D eigenvalue weighted by Gasteiger charge is -2.06. The van der Waals surface area contributed by atoms with Crippen molar-refractivity contribution in [3.05, 3.63) is 29.6 Å². The molecule has 0 aliphatic carbocycles. The SMILES string of the molecule is COCCOCCNC(=O)c1ccnc(CN)c1. The Balaban J connectivity index is 2.27. The highest BCUT2D eigenvalue weighted by Gasteiger charge is 2.05. The van der Waals surface area contributed by atoms with Crippen LogP contribution in [0.4, 0.5) is 0 Å². The standard InChI is InChI=1S/C12H19N3O3/c1-17-6-7-18-5-4-15-12(16)10-2-3-14-11(8-10)9-13/h2-3,8H,4-7,9,13H2,1H3,(H,15,16). The molecule has 1 amide bonds. The number of hydrogen-bond acceptors (Lipinski definition) is 5. The van der Waals surface area contributed by atoms with Crippen LogP contribution in [-0.2, 0) is 16.0 Å². The lowest BCUT2D eigenvalue weighted by molar-refractivity contribution is 0.0692. The molecule has 100 valence electrons. The van der Waals surface area contributed by atoms with Gasteiger partial charge in [-0.15, -0.1) is 0 Å². The van der Waals surface area contributed by atoms with Crippen molar-refractivity contribution in [3.8, 4) is 0 Å². The summed E-state index contributed by atoms with van der Waals surface area (Å²) in [5.74, 6) is -0.151. The first-order valence-electron chi connectivity index (χ1n) is 5.77. The van der Waals surface area contributed by atoms with E-state index in [9.17, 15) is 4.79 Å². The minimum atomic E-state index is -0.151. The van der Waals surface area contributed by atoms with E-state index in [4.69, 9.17) is 15.2 Å². The fourth-order valence-electron chi connectivity index (χ4n) is 1.31. The molecule has 0 aliphatic rings. The van der Waals surface area contributed by atoms with Crippen LogP contribution in [0.25, 0.3) is 0 Å². The van der Waals surface area contributed by atoms with Crippen LogP contribution < -0.4 is 11.1 Å². The van der Waals surface area contributed by atoms with Crippen LogP contribution in [0.15, 0.2) is 18.3 Å². The Labute approximate surface area is 106 Å². The van der Waals surface area contributed by atoms with Gasteiger partial charge in [-0.2, -0.15) is 0 Å². The average molecular weight is 253 g/mol. The Kier molecular flexibility index (Phi) is 6.93. The Hall–Kier alpha value is -1.50. The molecule has 0 atom stereocenters.